The van der Waals surface area contributed by atoms with Crippen LogP contribution in [0.5, 0.6) is 0 Å². The molecule has 0 unspecified atom stereocenters. The van der Waals surface area contributed by atoms with Crippen molar-refractivity contribution in [1.29, 1.82) is 0 Å². The number of aromatic nitrogens is 3. The summed E-state index contributed by atoms with van der Waals surface area (Å²) in [6, 6.07) is 9.10. The first-order valence-corrected chi connectivity index (χ1v) is 8.26. The number of nitro benzene ring substituents is 1. The zero-order valence-electron chi connectivity index (χ0n) is 14.2. The molecule has 10 nitrogen and oxygen atoms in total. The van der Waals surface area contributed by atoms with Gasteiger partial charge in [0.25, 0.3) is 5.69 Å². The summed E-state index contributed by atoms with van der Waals surface area (Å²) >= 11 is 5.95. The summed E-state index contributed by atoms with van der Waals surface area (Å²) in [5.74, 6) is -0.818. The first-order chi connectivity index (χ1) is 13.4. The van der Waals surface area contributed by atoms with Crippen LogP contribution in [0, 0.1) is 10.1 Å². The minimum atomic E-state index is -1.09. The molecule has 28 heavy (non-hydrogen) atoms. The van der Waals surface area contributed by atoms with E-state index in [0.717, 1.165) is 0 Å². The number of nitro groups is 1. The predicted octanol–water partition coefficient (Wildman–Crippen LogP) is 3.34. The number of pyridine rings is 1. The van der Waals surface area contributed by atoms with Crippen LogP contribution in [0.2, 0.25) is 5.02 Å². The molecule has 2 heterocycles. The summed E-state index contributed by atoms with van der Waals surface area (Å²) in [7, 11) is 0. The van der Waals surface area contributed by atoms with E-state index in [4.69, 9.17) is 16.7 Å². The molecule has 0 saturated carbocycles. The van der Waals surface area contributed by atoms with Crippen LogP contribution in [-0.4, -0.2) is 37.5 Å². The lowest BCUT2D eigenvalue weighted by Gasteiger charge is -2.11. The number of carbonyl (C=O) groups is 1. The number of hydrogen-bond donors (Lipinski definition) is 3. The van der Waals surface area contributed by atoms with Crippen molar-refractivity contribution in [3.63, 3.8) is 0 Å². The molecule has 0 fully saturated rings. The maximum Gasteiger partial charge on any atom is 0.322 e. The highest BCUT2D eigenvalue weighted by Gasteiger charge is 2.16. The molecule has 0 bridgehead atoms. The molecule has 3 N–H and O–H groups in total. The van der Waals surface area contributed by atoms with Crippen LogP contribution in [0.1, 0.15) is 0 Å². The topological polar surface area (TPSA) is 143 Å². The Labute approximate surface area is 163 Å². The van der Waals surface area contributed by atoms with E-state index in [9.17, 15) is 14.9 Å². The number of carboxylic acids is 1. The van der Waals surface area contributed by atoms with Gasteiger partial charge in [-0.15, -0.1) is 0 Å². The van der Waals surface area contributed by atoms with Gasteiger partial charge in [0.05, 0.1) is 10.6 Å². The van der Waals surface area contributed by atoms with Gasteiger partial charge < -0.3 is 15.7 Å². The fraction of sp³-hybridized carbons (Fsp3) is 0.0588. The van der Waals surface area contributed by atoms with Gasteiger partial charge in [-0.25, -0.2) is 4.98 Å². The Hall–Kier alpha value is -3.79. The van der Waals surface area contributed by atoms with Crippen LogP contribution >= 0.6 is 11.6 Å². The highest BCUT2D eigenvalue weighted by molar-refractivity contribution is 6.31. The van der Waals surface area contributed by atoms with Crippen LogP contribution in [0.4, 0.5) is 23.1 Å². The Morgan fingerprint density at radius 2 is 1.93 bits per heavy atom. The fourth-order valence-corrected chi connectivity index (χ4v) is 2.49. The molecule has 0 spiro atoms. The second kappa shape index (κ2) is 8.27. The molecule has 2 aromatic heterocycles. The van der Waals surface area contributed by atoms with Gasteiger partial charge in [-0.05, 0) is 24.3 Å². The van der Waals surface area contributed by atoms with Crippen LogP contribution < -0.4 is 10.6 Å². The van der Waals surface area contributed by atoms with E-state index in [2.05, 4.69) is 25.6 Å². The maximum absolute atomic E-state index is 11.3. The molecule has 0 atom stereocenters. The van der Waals surface area contributed by atoms with Crippen LogP contribution in [0.15, 0.2) is 48.8 Å². The van der Waals surface area contributed by atoms with Crippen molar-refractivity contribution >= 4 is 40.7 Å². The summed E-state index contributed by atoms with van der Waals surface area (Å²) in [5.41, 5.74) is 1.13. The first-order valence-electron chi connectivity index (χ1n) is 7.88. The normalized spacial score (nSPS) is 10.3. The van der Waals surface area contributed by atoms with Gasteiger partial charge in [0.1, 0.15) is 18.1 Å². The quantitative estimate of drug-likeness (QED) is 0.401. The molecule has 0 amide bonds. The van der Waals surface area contributed by atoms with Crippen molar-refractivity contribution in [2.45, 2.75) is 0 Å². The Bertz CT molecular complexity index is 1030. The van der Waals surface area contributed by atoms with Gasteiger partial charge >= 0.3 is 5.97 Å². The van der Waals surface area contributed by atoms with E-state index in [1.165, 1.54) is 18.2 Å². The third-order valence-electron chi connectivity index (χ3n) is 3.52. The highest BCUT2D eigenvalue weighted by Crippen LogP contribution is 2.31. The van der Waals surface area contributed by atoms with Crippen molar-refractivity contribution in [2.24, 2.45) is 0 Å². The number of benzene rings is 1. The van der Waals surface area contributed by atoms with E-state index in [-0.39, 0.29) is 23.1 Å². The highest BCUT2D eigenvalue weighted by atomic mass is 35.5. The number of anilines is 3. The van der Waals surface area contributed by atoms with Gasteiger partial charge in [-0.2, -0.15) is 4.98 Å². The van der Waals surface area contributed by atoms with Gasteiger partial charge in [0, 0.05) is 35.1 Å². The Morgan fingerprint density at radius 1 is 1.18 bits per heavy atom. The largest absolute Gasteiger partial charge is 0.480 e. The van der Waals surface area contributed by atoms with E-state index in [1.807, 2.05) is 0 Å². The lowest BCUT2D eigenvalue weighted by molar-refractivity contribution is -0.383. The molecule has 0 saturated heterocycles. The van der Waals surface area contributed by atoms with E-state index in [1.54, 1.807) is 30.6 Å². The molecule has 0 aliphatic heterocycles. The number of rotatable bonds is 7. The van der Waals surface area contributed by atoms with Gasteiger partial charge in [0.2, 0.25) is 5.95 Å². The zero-order valence-corrected chi connectivity index (χ0v) is 14.9. The van der Waals surface area contributed by atoms with Crippen molar-refractivity contribution in [3.05, 3.63) is 63.9 Å². The second-order valence-electron chi connectivity index (χ2n) is 5.49. The second-order valence-corrected chi connectivity index (χ2v) is 5.93. The molecular weight excluding hydrogens is 388 g/mol. The predicted molar refractivity (Wildman–Crippen MR) is 103 cm³/mol. The van der Waals surface area contributed by atoms with Crippen molar-refractivity contribution in [1.82, 2.24) is 15.0 Å². The molecule has 1 aromatic carbocycles. The lowest BCUT2D eigenvalue weighted by Crippen LogP contribution is -2.15. The Kier molecular flexibility index (Phi) is 5.61. The van der Waals surface area contributed by atoms with Crippen LogP contribution in [0.3, 0.4) is 0 Å². The summed E-state index contributed by atoms with van der Waals surface area (Å²) < 4.78 is 0. The van der Waals surface area contributed by atoms with Crippen molar-refractivity contribution in [2.75, 3.05) is 17.2 Å². The molecule has 3 aromatic rings. The van der Waals surface area contributed by atoms with Crippen LogP contribution in [0.25, 0.3) is 11.3 Å². The summed E-state index contributed by atoms with van der Waals surface area (Å²) in [6.45, 7) is -0.392. The molecule has 0 aliphatic carbocycles. The smallest absolute Gasteiger partial charge is 0.322 e. The minimum absolute atomic E-state index is 0.0453. The third kappa shape index (κ3) is 4.68. The summed E-state index contributed by atoms with van der Waals surface area (Å²) in [4.78, 5) is 33.9. The maximum atomic E-state index is 11.3. The lowest BCUT2D eigenvalue weighted by atomic mass is 10.2. The fourth-order valence-electron chi connectivity index (χ4n) is 2.32. The van der Waals surface area contributed by atoms with E-state index in [0.29, 0.717) is 16.3 Å². The number of nitrogens with one attached hydrogen (secondary N) is 2. The molecule has 0 aliphatic rings. The monoisotopic (exact) mass is 400 g/mol. The molecular formula is C17H13ClN6O4. The number of nitrogens with zero attached hydrogens (tertiary/aromatic N) is 4. The molecule has 3 rings (SSSR count). The molecule has 11 heteroatoms. The summed E-state index contributed by atoms with van der Waals surface area (Å²) in [5, 5.41) is 25.9. The van der Waals surface area contributed by atoms with Gasteiger partial charge in [-0.1, -0.05) is 11.6 Å². The number of hydrogen-bond acceptors (Lipinski definition) is 8. The number of carboxylic acid groups (broad SMARTS) is 1. The number of halogens is 1. The standard InChI is InChI=1S/C17H13ClN6O4/c18-11-1-2-14(24(27)28)13(7-11)21-15-8-12(10-3-5-19-6-4-10)22-17(23-15)20-9-16(25)26/h1-8H,9H2,(H,25,26)(H2,20,21,22,23). The SMILES string of the molecule is O=C(O)CNc1nc(Nc2cc(Cl)ccc2[N+](=O)[O-])cc(-c2ccncc2)n1. The molecule has 0 radical (unpaired) electrons. The first kappa shape index (κ1) is 19.0. The van der Waals surface area contributed by atoms with Crippen molar-refractivity contribution in [3.8, 4) is 11.3 Å². The molecule has 142 valence electrons. The van der Waals surface area contributed by atoms with Crippen LogP contribution in [-0.2, 0) is 4.79 Å². The average Bonchev–Trinajstić information content (AvgIpc) is 2.67. The third-order valence-corrected chi connectivity index (χ3v) is 3.75. The Balaban J connectivity index is 2.02. The van der Waals surface area contributed by atoms with Crippen molar-refractivity contribution < 1.29 is 14.8 Å². The number of aliphatic carboxylic acids is 1. The average molecular weight is 401 g/mol. The Morgan fingerprint density at radius 3 is 2.61 bits per heavy atom. The summed E-state index contributed by atoms with van der Waals surface area (Å²) in [6.07, 6.45) is 3.16. The van der Waals surface area contributed by atoms with E-state index < -0.39 is 17.4 Å². The van der Waals surface area contributed by atoms with E-state index >= 15 is 0 Å². The van der Waals surface area contributed by atoms with Gasteiger partial charge in [-0.3, -0.25) is 19.9 Å². The van der Waals surface area contributed by atoms with Gasteiger partial charge in [0.15, 0.2) is 0 Å². The zero-order chi connectivity index (χ0) is 20.1. The minimum Gasteiger partial charge on any atom is -0.480 e.